The Bertz CT molecular complexity index is 2320. The van der Waals surface area contributed by atoms with E-state index < -0.39 is 22.9 Å². The van der Waals surface area contributed by atoms with Crippen LogP contribution in [0.5, 0.6) is 23.0 Å². The first-order chi connectivity index (χ1) is 27.7. The lowest BCUT2D eigenvalue weighted by atomic mass is 9.92. The number of carbonyl (C=O) groups excluding carboxylic acids is 2. The maximum atomic E-state index is 14.4. The second-order valence-corrected chi connectivity index (χ2v) is 15.8. The van der Waals surface area contributed by atoms with Gasteiger partial charge in [0.2, 0.25) is 5.91 Å². The van der Waals surface area contributed by atoms with Crippen LogP contribution in [0.1, 0.15) is 47.4 Å². The number of methoxy groups -OCH3 is 2. The average Bonchev–Trinajstić information content (AvgIpc) is 3.84. The molecule has 5 aromatic carbocycles. The van der Waals surface area contributed by atoms with Crippen molar-refractivity contribution in [2.24, 2.45) is 0 Å². The Kier molecular flexibility index (Phi) is 10.9. The van der Waals surface area contributed by atoms with Crippen molar-refractivity contribution in [1.82, 2.24) is 10.1 Å². The van der Waals surface area contributed by atoms with Crippen molar-refractivity contribution in [3.63, 3.8) is 0 Å². The third kappa shape index (κ3) is 7.65. The molecule has 2 fully saturated rings. The molecule has 2 aliphatic heterocycles. The fourth-order valence-electron chi connectivity index (χ4n) is 7.10. The van der Waals surface area contributed by atoms with Crippen LogP contribution in [-0.4, -0.2) is 47.6 Å². The van der Waals surface area contributed by atoms with E-state index in [0.29, 0.717) is 34.9 Å². The molecule has 6 aromatic rings. The number of carbonyl (C=O) groups is 2. The van der Waals surface area contributed by atoms with E-state index in [0.717, 1.165) is 33.8 Å². The monoisotopic (exact) mass is 802 g/mol. The normalized spacial score (nSPS) is 18.5. The summed E-state index contributed by atoms with van der Waals surface area (Å²) in [6, 6.07) is 38.6. The number of ether oxygens (including phenoxy) is 5. The van der Waals surface area contributed by atoms with Crippen molar-refractivity contribution in [2.45, 2.75) is 48.8 Å². The van der Waals surface area contributed by atoms with Crippen molar-refractivity contribution < 1.29 is 37.8 Å². The lowest BCUT2D eigenvalue weighted by Gasteiger charge is -2.38. The third-order valence-corrected chi connectivity index (χ3v) is 12.2. The van der Waals surface area contributed by atoms with Crippen molar-refractivity contribution in [1.29, 1.82) is 0 Å². The first-order valence-corrected chi connectivity index (χ1v) is 19.6. The van der Waals surface area contributed by atoms with Crippen molar-refractivity contribution in [3.05, 3.63) is 160 Å². The predicted molar refractivity (Wildman–Crippen MR) is 216 cm³/mol. The van der Waals surface area contributed by atoms with Gasteiger partial charge in [0.05, 0.1) is 35.8 Å². The van der Waals surface area contributed by atoms with Crippen molar-refractivity contribution in [2.75, 3.05) is 14.2 Å². The molecule has 1 aromatic heterocycles. The molecule has 10 nitrogen and oxygen atoms in total. The molecular formula is C45H39ClN2O8S. The highest BCUT2D eigenvalue weighted by Gasteiger charge is 2.63. The second-order valence-electron chi connectivity index (χ2n) is 13.8. The Morgan fingerprint density at radius 2 is 1.42 bits per heavy atom. The Hall–Kier alpha value is -5.91. The number of β-lactam (4-membered cyclic amide) rings is 1. The zero-order valence-electron chi connectivity index (χ0n) is 31.4. The Balaban J connectivity index is 1.09. The summed E-state index contributed by atoms with van der Waals surface area (Å²) in [4.78, 5) is 29.1. The van der Waals surface area contributed by atoms with Crippen molar-refractivity contribution in [3.8, 4) is 34.3 Å². The van der Waals surface area contributed by atoms with Gasteiger partial charge < -0.3 is 33.1 Å². The third-order valence-electron chi connectivity index (χ3n) is 10.2. The first kappa shape index (κ1) is 38.0. The molecule has 0 aliphatic carbocycles. The molecular weight excluding hydrogens is 764 g/mol. The number of hydrogen-bond acceptors (Lipinski definition) is 10. The molecule has 290 valence electrons. The minimum absolute atomic E-state index is 0.121. The van der Waals surface area contributed by atoms with Gasteiger partial charge in [-0.2, -0.15) is 0 Å². The summed E-state index contributed by atoms with van der Waals surface area (Å²) in [6.07, 6.45) is -0.369. The van der Waals surface area contributed by atoms with Gasteiger partial charge in [0.15, 0.2) is 29.4 Å². The highest BCUT2D eigenvalue weighted by molar-refractivity contribution is 8.01. The summed E-state index contributed by atoms with van der Waals surface area (Å²) >= 11 is 8.65. The van der Waals surface area contributed by atoms with Gasteiger partial charge in [-0.05, 0) is 65.6 Å². The zero-order chi connectivity index (χ0) is 39.5. The van der Waals surface area contributed by atoms with Crippen LogP contribution < -0.4 is 18.9 Å². The van der Waals surface area contributed by atoms with Gasteiger partial charge in [0.25, 0.3) is 0 Å². The standard InChI is InChI=1S/C45H39ClN2O8S/c1-45(43(48-38(49)25-39(48)57-45)44(50)55-41(30-10-6-4-7-11-30)31-12-8-5-9-13-31)37-24-36(56-47-37)34-22-23-35(53-26-28-14-18-32(51-2)19-15-28)42(40(34)46)54-27-29-16-20-33(52-3)21-17-29/h4-24,39,41,43H,25-27H2,1-3H3/t39-,43+,45+/m1/s1. The molecule has 8 rings (SSSR count). The second kappa shape index (κ2) is 16.3. The molecule has 0 saturated carbocycles. The summed E-state index contributed by atoms with van der Waals surface area (Å²) in [5, 5.41) is 4.54. The smallest absolute Gasteiger partial charge is 0.331 e. The van der Waals surface area contributed by atoms with E-state index in [2.05, 4.69) is 5.16 Å². The largest absolute Gasteiger partial charge is 0.497 e. The zero-order valence-corrected chi connectivity index (χ0v) is 33.0. The summed E-state index contributed by atoms with van der Waals surface area (Å²) in [7, 11) is 3.24. The molecule has 3 heterocycles. The lowest BCUT2D eigenvalue weighted by molar-refractivity contribution is -0.164. The summed E-state index contributed by atoms with van der Waals surface area (Å²) in [5.41, 5.74) is 4.43. The molecule has 0 radical (unpaired) electrons. The summed E-state index contributed by atoms with van der Waals surface area (Å²) < 4.78 is 34.5. The van der Waals surface area contributed by atoms with Gasteiger partial charge in [-0.15, -0.1) is 11.8 Å². The molecule has 2 aliphatic rings. The van der Waals surface area contributed by atoms with E-state index >= 15 is 0 Å². The number of halogens is 1. The van der Waals surface area contributed by atoms with Gasteiger partial charge in [-0.25, -0.2) is 4.79 Å². The summed E-state index contributed by atoms with van der Waals surface area (Å²) in [5.74, 6) is 1.93. The van der Waals surface area contributed by atoms with Crippen LogP contribution in [0, 0.1) is 0 Å². The van der Waals surface area contributed by atoms with Gasteiger partial charge in [-0.3, -0.25) is 4.79 Å². The Labute approximate surface area is 339 Å². The molecule has 57 heavy (non-hydrogen) atoms. The molecule has 1 amide bonds. The molecule has 0 spiro atoms. The van der Waals surface area contributed by atoms with Gasteiger partial charge >= 0.3 is 5.97 Å². The number of rotatable bonds is 14. The maximum absolute atomic E-state index is 14.4. The van der Waals surface area contributed by atoms with Gasteiger partial charge in [0.1, 0.15) is 30.4 Å². The molecule has 3 atom stereocenters. The quantitative estimate of drug-likeness (QED) is 0.0781. The van der Waals surface area contributed by atoms with E-state index in [4.69, 9.17) is 39.8 Å². The number of fused-ring (bicyclic) bond motifs is 1. The van der Waals surface area contributed by atoms with Crippen LogP contribution in [0.4, 0.5) is 0 Å². The van der Waals surface area contributed by atoms with Crippen LogP contribution in [0.25, 0.3) is 11.3 Å². The number of esters is 1. The van der Waals surface area contributed by atoms with E-state index in [1.165, 1.54) is 11.8 Å². The van der Waals surface area contributed by atoms with E-state index in [9.17, 15) is 9.59 Å². The van der Waals surface area contributed by atoms with Crippen LogP contribution in [-0.2, 0) is 32.3 Å². The van der Waals surface area contributed by atoms with E-state index in [-0.39, 0.29) is 29.5 Å². The highest BCUT2D eigenvalue weighted by atomic mass is 35.5. The highest BCUT2D eigenvalue weighted by Crippen LogP contribution is 2.57. The van der Waals surface area contributed by atoms with Gasteiger partial charge in [0, 0.05) is 11.6 Å². The Morgan fingerprint density at radius 1 is 0.842 bits per heavy atom. The fourth-order valence-corrected chi connectivity index (χ4v) is 9.10. The number of hydrogen-bond donors (Lipinski definition) is 0. The minimum atomic E-state index is -1.00. The first-order valence-electron chi connectivity index (χ1n) is 18.4. The fraction of sp³-hybridized carbons (Fsp3) is 0.222. The van der Waals surface area contributed by atoms with Crippen LogP contribution in [0.3, 0.4) is 0 Å². The molecule has 0 unspecified atom stereocenters. The molecule has 12 heteroatoms. The predicted octanol–water partition coefficient (Wildman–Crippen LogP) is 9.39. The number of nitrogens with zero attached hydrogens (tertiary/aromatic N) is 2. The average molecular weight is 803 g/mol. The number of thioether (sulfide) groups is 1. The topological polar surface area (TPSA) is 110 Å². The molecule has 0 bridgehead atoms. The van der Waals surface area contributed by atoms with Crippen LogP contribution in [0.2, 0.25) is 5.02 Å². The van der Waals surface area contributed by atoms with E-state index in [1.54, 1.807) is 37.3 Å². The number of benzene rings is 5. The van der Waals surface area contributed by atoms with Gasteiger partial charge in [-0.1, -0.05) is 102 Å². The van der Waals surface area contributed by atoms with Crippen LogP contribution in [0.15, 0.2) is 132 Å². The van der Waals surface area contributed by atoms with Crippen LogP contribution >= 0.6 is 23.4 Å². The summed E-state index contributed by atoms with van der Waals surface area (Å²) in [6.45, 7) is 2.35. The molecule has 2 saturated heterocycles. The van der Waals surface area contributed by atoms with Crippen molar-refractivity contribution >= 4 is 35.2 Å². The number of amides is 1. The molecule has 0 N–H and O–H groups in total. The minimum Gasteiger partial charge on any atom is -0.497 e. The lowest BCUT2D eigenvalue weighted by Crippen LogP contribution is -2.57. The number of aromatic nitrogens is 1. The van der Waals surface area contributed by atoms with E-state index in [1.807, 2.05) is 116 Å². The SMILES string of the molecule is COc1ccc(COc2ccc(-c3cc([C@]4(C)S[C@@H]5CC(=O)N5[C@H]4C(=O)OC(c4ccccc4)c4ccccc4)no3)c(Cl)c2OCc2ccc(OC)cc2)cc1. The Morgan fingerprint density at radius 3 is 1.98 bits per heavy atom. The maximum Gasteiger partial charge on any atom is 0.331 e.